The Hall–Kier alpha value is -2.22. The van der Waals surface area contributed by atoms with E-state index in [4.69, 9.17) is 14.2 Å². The minimum absolute atomic E-state index is 0. The van der Waals surface area contributed by atoms with Crippen molar-refractivity contribution in [3.8, 4) is 17.2 Å². The zero-order valence-corrected chi connectivity index (χ0v) is 19.3. The third-order valence-electron chi connectivity index (χ3n) is 5.16. The topological polar surface area (TPSA) is 64.1 Å². The first-order valence-electron chi connectivity index (χ1n) is 9.33. The molecule has 7 nitrogen and oxygen atoms in total. The number of aromatic nitrogens is 1. The second kappa shape index (κ2) is 11.8. The molecule has 0 saturated carbocycles. The number of carbonyl (C=O) groups excluding carboxylic acids is 1. The monoisotopic (exact) mass is 457 g/mol. The van der Waals surface area contributed by atoms with Crippen LogP contribution >= 0.6 is 24.8 Å². The SMILES string of the molecule is COc1cc(C(=O)C(C)N2CCN(c3ccccn3)CC2)cc(OC)c1OC.Cl.Cl. The number of piperazine rings is 1. The first-order valence-corrected chi connectivity index (χ1v) is 9.33. The molecule has 2 aromatic rings. The van der Waals surface area contributed by atoms with Gasteiger partial charge in [0, 0.05) is 37.9 Å². The molecule has 9 heteroatoms. The molecule has 1 unspecified atom stereocenters. The Kier molecular flexibility index (Phi) is 10.2. The second-order valence-corrected chi connectivity index (χ2v) is 6.67. The van der Waals surface area contributed by atoms with Crippen molar-refractivity contribution < 1.29 is 19.0 Å². The van der Waals surface area contributed by atoms with E-state index in [0.29, 0.717) is 22.8 Å². The summed E-state index contributed by atoms with van der Waals surface area (Å²) in [5.41, 5.74) is 0.550. The minimum Gasteiger partial charge on any atom is -0.493 e. The summed E-state index contributed by atoms with van der Waals surface area (Å²) in [6.45, 7) is 5.22. The Morgan fingerprint density at radius 1 is 0.967 bits per heavy atom. The van der Waals surface area contributed by atoms with Crippen LogP contribution in [0.4, 0.5) is 5.82 Å². The summed E-state index contributed by atoms with van der Waals surface area (Å²) >= 11 is 0. The predicted octanol–water partition coefficient (Wildman–Crippen LogP) is 3.34. The summed E-state index contributed by atoms with van der Waals surface area (Å²) in [5.74, 6) is 2.46. The molecule has 1 saturated heterocycles. The predicted molar refractivity (Wildman–Crippen MR) is 122 cm³/mol. The molecule has 1 aliphatic heterocycles. The summed E-state index contributed by atoms with van der Waals surface area (Å²) in [4.78, 5) is 22.0. The number of halogens is 2. The van der Waals surface area contributed by atoms with Crippen molar-refractivity contribution in [3.63, 3.8) is 0 Å². The van der Waals surface area contributed by atoms with Gasteiger partial charge in [0.05, 0.1) is 27.4 Å². The van der Waals surface area contributed by atoms with E-state index in [0.717, 1.165) is 32.0 Å². The van der Waals surface area contributed by atoms with Crippen molar-refractivity contribution in [2.75, 3.05) is 52.4 Å². The number of pyridine rings is 1. The number of ketones is 1. The summed E-state index contributed by atoms with van der Waals surface area (Å²) in [5, 5.41) is 0. The summed E-state index contributed by atoms with van der Waals surface area (Å²) < 4.78 is 16.1. The van der Waals surface area contributed by atoms with Gasteiger partial charge in [-0.1, -0.05) is 6.07 Å². The molecule has 0 radical (unpaired) electrons. The zero-order valence-electron chi connectivity index (χ0n) is 17.7. The van der Waals surface area contributed by atoms with Gasteiger partial charge in [0.25, 0.3) is 0 Å². The Balaban J connectivity index is 0.00000225. The molecule has 0 bridgehead atoms. The molecule has 2 heterocycles. The average molecular weight is 458 g/mol. The van der Waals surface area contributed by atoms with Gasteiger partial charge in [0.1, 0.15) is 5.82 Å². The van der Waals surface area contributed by atoms with Crippen LogP contribution in [-0.2, 0) is 0 Å². The highest BCUT2D eigenvalue weighted by atomic mass is 35.5. The van der Waals surface area contributed by atoms with Crippen LogP contribution in [-0.4, -0.2) is 69.2 Å². The lowest BCUT2D eigenvalue weighted by Crippen LogP contribution is -2.52. The van der Waals surface area contributed by atoms with Crippen molar-refractivity contribution in [1.82, 2.24) is 9.88 Å². The third kappa shape index (κ3) is 5.47. The quantitative estimate of drug-likeness (QED) is 0.590. The van der Waals surface area contributed by atoms with Gasteiger partial charge in [-0.05, 0) is 31.2 Å². The zero-order chi connectivity index (χ0) is 20.1. The Morgan fingerprint density at radius 2 is 1.57 bits per heavy atom. The Labute approximate surface area is 190 Å². The number of hydrogen-bond donors (Lipinski definition) is 0. The molecule has 1 aromatic heterocycles. The van der Waals surface area contributed by atoms with E-state index in [1.54, 1.807) is 39.7 Å². The van der Waals surface area contributed by atoms with E-state index in [1.165, 1.54) is 0 Å². The van der Waals surface area contributed by atoms with Gasteiger partial charge in [0.15, 0.2) is 17.3 Å². The number of nitrogens with zero attached hydrogens (tertiary/aromatic N) is 3. The van der Waals surface area contributed by atoms with Crippen molar-refractivity contribution >= 4 is 36.4 Å². The number of ether oxygens (including phenoxy) is 3. The van der Waals surface area contributed by atoms with Crippen molar-refractivity contribution in [2.24, 2.45) is 0 Å². The molecule has 1 aromatic carbocycles. The van der Waals surface area contributed by atoms with Gasteiger partial charge in [-0.3, -0.25) is 9.69 Å². The summed E-state index contributed by atoms with van der Waals surface area (Å²) in [6.07, 6.45) is 1.80. The van der Waals surface area contributed by atoms with Gasteiger partial charge >= 0.3 is 0 Å². The Bertz CT molecular complexity index is 790. The van der Waals surface area contributed by atoms with Gasteiger partial charge in [-0.15, -0.1) is 24.8 Å². The third-order valence-corrected chi connectivity index (χ3v) is 5.16. The average Bonchev–Trinajstić information content (AvgIpc) is 2.77. The molecular weight excluding hydrogens is 429 g/mol. The van der Waals surface area contributed by atoms with Crippen molar-refractivity contribution in [3.05, 3.63) is 42.1 Å². The lowest BCUT2D eigenvalue weighted by Gasteiger charge is -2.38. The molecule has 0 amide bonds. The van der Waals surface area contributed by atoms with Crippen LogP contribution in [0.2, 0.25) is 0 Å². The molecule has 0 N–H and O–H groups in total. The normalized spacial score (nSPS) is 14.7. The van der Waals surface area contributed by atoms with E-state index >= 15 is 0 Å². The maximum atomic E-state index is 13.1. The van der Waals surface area contributed by atoms with Crippen LogP contribution in [0.5, 0.6) is 17.2 Å². The minimum atomic E-state index is -0.242. The van der Waals surface area contributed by atoms with E-state index in [2.05, 4.69) is 14.8 Å². The summed E-state index contributed by atoms with van der Waals surface area (Å²) in [6, 6.07) is 9.10. The van der Waals surface area contributed by atoms with E-state index in [1.807, 2.05) is 25.1 Å². The standard InChI is InChI=1S/C21H27N3O4.2ClH/c1-15(23-9-11-24(12-10-23)19-7-5-6-8-22-19)20(25)16-13-17(26-2)21(28-4)18(14-16)27-3;;/h5-8,13-15H,9-12H2,1-4H3;2*1H. The highest BCUT2D eigenvalue weighted by molar-refractivity contribution is 6.01. The van der Waals surface area contributed by atoms with Crippen LogP contribution in [0.25, 0.3) is 0 Å². The largest absolute Gasteiger partial charge is 0.493 e. The maximum Gasteiger partial charge on any atom is 0.203 e. The lowest BCUT2D eigenvalue weighted by atomic mass is 10.0. The summed E-state index contributed by atoms with van der Waals surface area (Å²) in [7, 11) is 4.64. The lowest BCUT2D eigenvalue weighted by molar-refractivity contribution is 0.0829. The first kappa shape index (κ1) is 25.8. The number of benzene rings is 1. The number of Topliss-reactive ketones (excluding diaryl/α,β-unsaturated/α-hetero) is 1. The number of rotatable bonds is 7. The molecule has 0 spiro atoms. The highest BCUT2D eigenvalue weighted by Crippen LogP contribution is 2.38. The van der Waals surface area contributed by atoms with Crippen molar-refractivity contribution in [1.29, 1.82) is 0 Å². The van der Waals surface area contributed by atoms with E-state index < -0.39 is 0 Å². The van der Waals surface area contributed by atoms with Crippen LogP contribution in [0.1, 0.15) is 17.3 Å². The molecular formula is C21H29Cl2N3O4. The molecule has 3 rings (SSSR count). The van der Waals surface area contributed by atoms with E-state index in [-0.39, 0.29) is 36.6 Å². The number of hydrogen-bond acceptors (Lipinski definition) is 7. The second-order valence-electron chi connectivity index (χ2n) is 6.67. The van der Waals surface area contributed by atoms with Gasteiger partial charge in [-0.25, -0.2) is 4.98 Å². The maximum absolute atomic E-state index is 13.1. The molecule has 0 aliphatic carbocycles. The van der Waals surface area contributed by atoms with Crippen molar-refractivity contribution in [2.45, 2.75) is 13.0 Å². The fourth-order valence-electron chi connectivity index (χ4n) is 3.51. The molecule has 30 heavy (non-hydrogen) atoms. The van der Waals surface area contributed by atoms with Gasteiger partial charge in [0.2, 0.25) is 5.75 Å². The fraction of sp³-hybridized carbons (Fsp3) is 0.429. The Morgan fingerprint density at radius 3 is 2.03 bits per heavy atom. The fourth-order valence-corrected chi connectivity index (χ4v) is 3.51. The van der Waals surface area contributed by atoms with Crippen LogP contribution in [0, 0.1) is 0 Å². The van der Waals surface area contributed by atoms with Crippen LogP contribution < -0.4 is 19.1 Å². The van der Waals surface area contributed by atoms with E-state index in [9.17, 15) is 4.79 Å². The smallest absolute Gasteiger partial charge is 0.203 e. The number of methoxy groups -OCH3 is 3. The highest BCUT2D eigenvalue weighted by Gasteiger charge is 2.28. The number of carbonyl (C=O) groups is 1. The van der Waals surface area contributed by atoms with Crippen LogP contribution in [0.3, 0.4) is 0 Å². The van der Waals surface area contributed by atoms with Crippen LogP contribution in [0.15, 0.2) is 36.5 Å². The molecule has 1 fully saturated rings. The molecule has 1 aliphatic rings. The molecule has 1 atom stereocenters. The first-order chi connectivity index (χ1) is 13.6. The van der Waals surface area contributed by atoms with Gasteiger partial charge in [-0.2, -0.15) is 0 Å². The number of anilines is 1. The molecule has 166 valence electrons. The van der Waals surface area contributed by atoms with Gasteiger partial charge < -0.3 is 19.1 Å².